The minimum Gasteiger partial charge on any atom is -0.497 e. The highest BCUT2D eigenvalue weighted by atomic mass is 35.5. The number of nitrogens with one attached hydrogen (secondary N) is 1. The summed E-state index contributed by atoms with van der Waals surface area (Å²) in [5, 5.41) is 11.5. The second-order valence-corrected chi connectivity index (χ2v) is 7.92. The number of halogens is 1. The number of nitrogens with zero attached hydrogens (tertiary/aromatic N) is 2. The molecule has 0 radical (unpaired) electrons. The van der Waals surface area contributed by atoms with Crippen LogP contribution >= 0.6 is 23.4 Å². The van der Waals surface area contributed by atoms with Gasteiger partial charge in [0.05, 0.1) is 18.8 Å². The number of anilines is 1. The number of benzene rings is 2. The number of ether oxygens (including phenoxy) is 1. The van der Waals surface area contributed by atoms with Crippen molar-refractivity contribution in [2.45, 2.75) is 30.7 Å². The lowest BCUT2D eigenvalue weighted by atomic mass is 10.1. The maximum absolute atomic E-state index is 12.5. The second-order valence-electron chi connectivity index (χ2n) is 6.20. The Morgan fingerprint density at radius 1 is 1.25 bits per heavy atom. The van der Waals surface area contributed by atoms with Crippen molar-refractivity contribution in [3.05, 3.63) is 64.5 Å². The van der Waals surface area contributed by atoms with Crippen molar-refractivity contribution < 1.29 is 13.9 Å². The molecule has 8 heteroatoms. The molecule has 0 unspecified atom stereocenters. The van der Waals surface area contributed by atoms with E-state index in [0.717, 1.165) is 16.9 Å². The average molecular weight is 418 g/mol. The number of thioether (sulfide) groups is 1. The summed E-state index contributed by atoms with van der Waals surface area (Å²) in [6.45, 7) is 3.69. The van der Waals surface area contributed by atoms with Crippen LogP contribution in [0, 0.1) is 6.92 Å². The quantitative estimate of drug-likeness (QED) is 0.559. The van der Waals surface area contributed by atoms with Gasteiger partial charge in [-0.1, -0.05) is 41.6 Å². The molecule has 1 N–H and O–H groups in total. The van der Waals surface area contributed by atoms with Gasteiger partial charge in [0.25, 0.3) is 5.22 Å². The van der Waals surface area contributed by atoms with Gasteiger partial charge in [-0.25, -0.2) is 0 Å². The third-order valence-electron chi connectivity index (χ3n) is 4.07. The van der Waals surface area contributed by atoms with Gasteiger partial charge in [0.1, 0.15) is 5.75 Å². The number of methoxy groups -OCH3 is 1. The topological polar surface area (TPSA) is 77.2 Å². The molecule has 6 nitrogen and oxygen atoms in total. The normalized spacial score (nSPS) is 11.9. The Kier molecular flexibility index (Phi) is 6.59. The molecule has 0 aliphatic carbocycles. The van der Waals surface area contributed by atoms with Crippen LogP contribution in [0.2, 0.25) is 5.02 Å². The van der Waals surface area contributed by atoms with Crippen molar-refractivity contribution in [2.24, 2.45) is 0 Å². The Hall–Kier alpha value is -2.51. The number of hydrogen-bond acceptors (Lipinski definition) is 6. The van der Waals surface area contributed by atoms with E-state index in [2.05, 4.69) is 15.5 Å². The minimum absolute atomic E-state index is 0.162. The van der Waals surface area contributed by atoms with Crippen molar-refractivity contribution in [1.82, 2.24) is 10.2 Å². The predicted octanol–water partition coefficient (Wildman–Crippen LogP) is 4.75. The number of aromatic nitrogens is 2. The van der Waals surface area contributed by atoms with E-state index in [0.29, 0.717) is 28.2 Å². The number of carbonyl (C=O) groups is 1. The highest BCUT2D eigenvalue weighted by Crippen LogP contribution is 2.26. The molecular formula is C20H20ClN3O3S. The fourth-order valence-electron chi connectivity index (χ4n) is 2.44. The molecule has 0 saturated heterocycles. The van der Waals surface area contributed by atoms with Crippen molar-refractivity contribution in [2.75, 3.05) is 12.4 Å². The maximum Gasteiger partial charge on any atom is 0.277 e. The van der Waals surface area contributed by atoms with E-state index >= 15 is 0 Å². The van der Waals surface area contributed by atoms with Crippen LogP contribution in [0.25, 0.3) is 0 Å². The number of carbonyl (C=O) groups excluding carboxylic acids is 1. The van der Waals surface area contributed by atoms with Gasteiger partial charge in [0.15, 0.2) is 0 Å². The minimum atomic E-state index is -0.410. The first-order valence-corrected chi connectivity index (χ1v) is 9.89. The Morgan fingerprint density at radius 2 is 2.00 bits per heavy atom. The van der Waals surface area contributed by atoms with Crippen molar-refractivity contribution in [1.29, 1.82) is 0 Å². The lowest BCUT2D eigenvalue weighted by Gasteiger charge is -2.12. The van der Waals surface area contributed by atoms with Crippen molar-refractivity contribution in [3.8, 4) is 5.75 Å². The third kappa shape index (κ3) is 5.27. The summed E-state index contributed by atoms with van der Waals surface area (Å²) in [7, 11) is 1.63. The van der Waals surface area contributed by atoms with Crippen LogP contribution in [0.1, 0.15) is 23.9 Å². The first-order valence-electron chi connectivity index (χ1n) is 8.63. The van der Waals surface area contributed by atoms with E-state index < -0.39 is 5.25 Å². The molecule has 0 spiro atoms. The largest absolute Gasteiger partial charge is 0.497 e. The van der Waals surface area contributed by atoms with Gasteiger partial charge in [-0.3, -0.25) is 4.79 Å². The third-order valence-corrected chi connectivity index (χ3v) is 5.24. The molecule has 0 aliphatic rings. The molecule has 1 amide bonds. The predicted molar refractivity (Wildman–Crippen MR) is 110 cm³/mol. The van der Waals surface area contributed by atoms with Gasteiger partial charge < -0.3 is 14.5 Å². The summed E-state index contributed by atoms with van der Waals surface area (Å²) in [6, 6.07) is 13.0. The van der Waals surface area contributed by atoms with Crippen molar-refractivity contribution >= 4 is 35.0 Å². The van der Waals surface area contributed by atoms with E-state index in [4.69, 9.17) is 20.8 Å². The summed E-state index contributed by atoms with van der Waals surface area (Å²) in [4.78, 5) is 12.5. The SMILES string of the molecule is COc1ccc(Cc2nnc(S[C@@H](C)C(=O)Nc3cc(Cl)ccc3C)o2)cc1. The number of aryl methyl sites for hydroxylation is 1. The standard InChI is InChI=1S/C20H20ClN3O3S/c1-12-4-7-15(21)11-17(12)22-19(25)13(2)28-20-24-23-18(27-20)10-14-5-8-16(26-3)9-6-14/h4-9,11,13H,10H2,1-3H3,(H,22,25)/t13-/m0/s1. The summed E-state index contributed by atoms with van der Waals surface area (Å²) in [6.07, 6.45) is 0.514. The number of amides is 1. The van der Waals surface area contributed by atoms with Gasteiger partial charge in [-0.15, -0.1) is 10.2 Å². The molecule has 146 valence electrons. The lowest BCUT2D eigenvalue weighted by molar-refractivity contribution is -0.115. The summed E-state index contributed by atoms with van der Waals surface area (Å²) in [5.74, 6) is 1.12. The molecule has 2 aromatic carbocycles. The molecule has 3 rings (SSSR count). The zero-order valence-electron chi connectivity index (χ0n) is 15.7. The van der Waals surface area contributed by atoms with Crippen LogP contribution in [-0.2, 0) is 11.2 Å². The van der Waals surface area contributed by atoms with Gasteiger partial charge >= 0.3 is 0 Å². The Morgan fingerprint density at radius 3 is 2.71 bits per heavy atom. The summed E-state index contributed by atoms with van der Waals surface area (Å²) >= 11 is 7.21. The monoisotopic (exact) mass is 417 g/mol. The van der Waals surface area contributed by atoms with E-state index in [-0.39, 0.29) is 5.91 Å². The molecule has 1 atom stereocenters. The summed E-state index contributed by atoms with van der Waals surface area (Å²) in [5.41, 5.74) is 2.66. The molecule has 1 aromatic heterocycles. The van der Waals surface area contributed by atoms with Gasteiger partial charge in [-0.2, -0.15) is 0 Å². The molecule has 0 fully saturated rings. The van der Waals surface area contributed by atoms with E-state index in [1.165, 1.54) is 11.8 Å². The highest BCUT2D eigenvalue weighted by Gasteiger charge is 2.19. The first-order chi connectivity index (χ1) is 13.4. The zero-order valence-corrected chi connectivity index (χ0v) is 17.3. The highest BCUT2D eigenvalue weighted by molar-refractivity contribution is 8.00. The molecule has 1 heterocycles. The van der Waals surface area contributed by atoms with Crippen LogP contribution in [0.4, 0.5) is 5.69 Å². The lowest BCUT2D eigenvalue weighted by Crippen LogP contribution is -2.22. The van der Waals surface area contributed by atoms with Crippen LogP contribution in [0.3, 0.4) is 0 Å². The smallest absolute Gasteiger partial charge is 0.277 e. The average Bonchev–Trinajstić information content (AvgIpc) is 3.12. The van der Waals surface area contributed by atoms with E-state index in [1.807, 2.05) is 37.3 Å². The second kappa shape index (κ2) is 9.12. The van der Waals surface area contributed by atoms with Crippen LogP contribution in [-0.4, -0.2) is 28.5 Å². The van der Waals surface area contributed by atoms with Crippen molar-refractivity contribution in [3.63, 3.8) is 0 Å². The van der Waals surface area contributed by atoms with Crippen LogP contribution in [0.15, 0.2) is 52.1 Å². The molecule has 0 bridgehead atoms. The van der Waals surface area contributed by atoms with Gasteiger partial charge in [0, 0.05) is 10.7 Å². The molecule has 3 aromatic rings. The van der Waals surface area contributed by atoms with Gasteiger partial charge in [-0.05, 0) is 49.2 Å². The van der Waals surface area contributed by atoms with E-state index in [1.54, 1.807) is 26.2 Å². The maximum atomic E-state index is 12.5. The van der Waals surface area contributed by atoms with Gasteiger partial charge in [0.2, 0.25) is 11.8 Å². The number of hydrogen-bond donors (Lipinski definition) is 1. The number of rotatable bonds is 7. The Bertz CT molecular complexity index is 960. The molecule has 0 aliphatic heterocycles. The molecular weight excluding hydrogens is 398 g/mol. The first kappa shape index (κ1) is 20.2. The summed E-state index contributed by atoms with van der Waals surface area (Å²) < 4.78 is 10.8. The Labute approximate surface area is 172 Å². The Balaban J connectivity index is 1.58. The van der Waals surface area contributed by atoms with Crippen LogP contribution in [0.5, 0.6) is 5.75 Å². The molecule has 28 heavy (non-hydrogen) atoms. The van der Waals surface area contributed by atoms with Crippen LogP contribution < -0.4 is 10.1 Å². The fraction of sp³-hybridized carbons (Fsp3) is 0.250. The zero-order chi connectivity index (χ0) is 20.1. The molecule has 0 saturated carbocycles. The fourth-order valence-corrected chi connectivity index (χ4v) is 3.32. The van der Waals surface area contributed by atoms with E-state index in [9.17, 15) is 4.79 Å².